The van der Waals surface area contributed by atoms with Crippen molar-refractivity contribution in [2.45, 2.75) is 32.4 Å². The molecule has 5 heteroatoms. The first-order chi connectivity index (χ1) is 9.83. The third-order valence-corrected chi connectivity index (χ3v) is 6.92. The summed E-state index contributed by atoms with van der Waals surface area (Å²) in [6.45, 7) is 5.85. The summed E-state index contributed by atoms with van der Waals surface area (Å²) in [7, 11) is 0. The molecule has 2 saturated heterocycles. The van der Waals surface area contributed by atoms with Gasteiger partial charge in [0.15, 0.2) is 0 Å². The van der Waals surface area contributed by atoms with Gasteiger partial charge in [0.2, 0.25) is 0 Å². The normalized spacial score (nSPS) is 26.6. The fraction of sp³-hybridized carbons (Fsp3) is 0.800. The number of imidazole rings is 1. The molecule has 1 aromatic heterocycles. The summed E-state index contributed by atoms with van der Waals surface area (Å²) < 4.78 is 2.32. The van der Waals surface area contributed by atoms with Gasteiger partial charge >= 0.3 is 0 Å². The lowest BCUT2D eigenvalue weighted by atomic mass is 9.97. The fourth-order valence-electron chi connectivity index (χ4n) is 3.27. The summed E-state index contributed by atoms with van der Waals surface area (Å²) in [5, 5.41) is 0. The van der Waals surface area contributed by atoms with Crippen LogP contribution in [0, 0.1) is 12.8 Å². The smallest absolute Gasteiger partial charge is 0.105 e. The van der Waals surface area contributed by atoms with Crippen LogP contribution < -0.4 is 0 Å². The van der Waals surface area contributed by atoms with Gasteiger partial charge in [-0.25, -0.2) is 4.98 Å². The Morgan fingerprint density at radius 3 is 2.80 bits per heavy atom. The summed E-state index contributed by atoms with van der Waals surface area (Å²) in [5.74, 6) is 7.31. The van der Waals surface area contributed by atoms with Gasteiger partial charge in [0.05, 0.1) is 0 Å². The molecule has 20 heavy (non-hydrogen) atoms. The Kier molecular flexibility index (Phi) is 5.35. The van der Waals surface area contributed by atoms with Gasteiger partial charge in [-0.1, -0.05) is 0 Å². The molecule has 112 valence electrons. The maximum atomic E-state index is 4.35. The van der Waals surface area contributed by atoms with Crippen LogP contribution in [0.1, 0.15) is 18.7 Å². The number of thioether (sulfide) groups is 2. The summed E-state index contributed by atoms with van der Waals surface area (Å²) >= 11 is 4.30. The van der Waals surface area contributed by atoms with Gasteiger partial charge in [-0.3, -0.25) is 4.90 Å². The van der Waals surface area contributed by atoms with Crippen molar-refractivity contribution >= 4 is 23.5 Å². The number of hydrogen-bond acceptors (Lipinski definition) is 4. The predicted octanol–water partition coefficient (Wildman–Crippen LogP) is 2.75. The second kappa shape index (κ2) is 7.23. The van der Waals surface area contributed by atoms with Gasteiger partial charge < -0.3 is 4.57 Å². The Morgan fingerprint density at radius 2 is 2.10 bits per heavy atom. The predicted molar refractivity (Wildman–Crippen MR) is 89.7 cm³/mol. The molecular weight excluding hydrogens is 286 g/mol. The van der Waals surface area contributed by atoms with Gasteiger partial charge in [0.1, 0.15) is 5.82 Å². The molecule has 3 rings (SSSR count). The van der Waals surface area contributed by atoms with E-state index in [0.29, 0.717) is 0 Å². The molecule has 2 aliphatic rings. The second-order valence-corrected chi connectivity index (χ2v) is 8.23. The summed E-state index contributed by atoms with van der Waals surface area (Å²) in [4.78, 5) is 7.12. The quantitative estimate of drug-likeness (QED) is 0.855. The van der Waals surface area contributed by atoms with E-state index < -0.39 is 0 Å². The minimum atomic E-state index is 0.801. The first-order valence-corrected chi connectivity index (χ1v) is 10.0. The highest BCUT2D eigenvalue weighted by molar-refractivity contribution is 8.03. The molecule has 1 aromatic rings. The zero-order valence-electron chi connectivity index (χ0n) is 12.3. The monoisotopic (exact) mass is 311 g/mol. The van der Waals surface area contributed by atoms with Gasteiger partial charge in [0.25, 0.3) is 0 Å². The van der Waals surface area contributed by atoms with Crippen molar-refractivity contribution < 1.29 is 0 Å². The van der Waals surface area contributed by atoms with Crippen molar-refractivity contribution in [2.75, 3.05) is 36.1 Å². The van der Waals surface area contributed by atoms with E-state index in [1.807, 2.05) is 6.20 Å². The van der Waals surface area contributed by atoms with E-state index >= 15 is 0 Å². The van der Waals surface area contributed by atoms with Gasteiger partial charge in [0, 0.05) is 54.5 Å². The molecule has 0 N–H and O–H groups in total. The molecule has 2 aliphatic heterocycles. The second-order valence-electron chi connectivity index (χ2n) is 5.93. The third-order valence-electron chi connectivity index (χ3n) is 4.44. The SMILES string of the molecule is Cc1nccn1C[C@@H]1CCCN(C2CSCCSC2)C1. The number of aromatic nitrogens is 2. The zero-order valence-corrected chi connectivity index (χ0v) is 14.0. The van der Waals surface area contributed by atoms with Crippen molar-refractivity contribution in [1.29, 1.82) is 0 Å². The Hall–Kier alpha value is -0.130. The highest BCUT2D eigenvalue weighted by Gasteiger charge is 2.27. The number of piperidine rings is 1. The fourth-order valence-corrected chi connectivity index (χ4v) is 5.90. The lowest BCUT2D eigenvalue weighted by Gasteiger charge is -2.38. The van der Waals surface area contributed by atoms with Crippen LogP contribution in [-0.4, -0.2) is 56.6 Å². The van der Waals surface area contributed by atoms with Gasteiger partial charge in [-0.15, -0.1) is 0 Å². The van der Waals surface area contributed by atoms with Gasteiger partial charge in [-0.2, -0.15) is 23.5 Å². The van der Waals surface area contributed by atoms with Crippen LogP contribution in [0.3, 0.4) is 0 Å². The maximum Gasteiger partial charge on any atom is 0.105 e. The molecule has 0 bridgehead atoms. The number of hydrogen-bond donors (Lipinski definition) is 0. The van der Waals surface area contributed by atoms with E-state index in [9.17, 15) is 0 Å². The summed E-state index contributed by atoms with van der Waals surface area (Å²) in [6.07, 6.45) is 6.80. The van der Waals surface area contributed by atoms with E-state index in [2.05, 4.69) is 51.1 Å². The summed E-state index contributed by atoms with van der Waals surface area (Å²) in [5.41, 5.74) is 0. The third kappa shape index (κ3) is 3.74. The molecule has 0 amide bonds. The van der Waals surface area contributed by atoms with E-state index in [0.717, 1.165) is 24.3 Å². The molecule has 0 aliphatic carbocycles. The number of likely N-dealkylation sites (tertiary alicyclic amines) is 1. The Balaban J connectivity index is 1.57. The van der Waals surface area contributed by atoms with Crippen LogP contribution in [0.25, 0.3) is 0 Å². The molecule has 0 radical (unpaired) electrons. The largest absolute Gasteiger partial charge is 0.335 e. The lowest BCUT2D eigenvalue weighted by Crippen LogP contribution is -2.45. The summed E-state index contributed by atoms with van der Waals surface area (Å²) in [6, 6.07) is 0.805. The Morgan fingerprint density at radius 1 is 1.30 bits per heavy atom. The highest BCUT2D eigenvalue weighted by atomic mass is 32.2. The molecule has 0 spiro atoms. The molecular formula is C15H25N3S2. The van der Waals surface area contributed by atoms with Crippen LogP contribution in [-0.2, 0) is 6.54 Å². The van der Waals surface area contributed by atoms with Crippen LogP contribution in [0.4, 0.5) is 0 Å². The highest BCUT2D eigenvalue weighted by Crippen LogP contribution is 2.26. The molecule has 0 unspecified atom stereocenters. The molecule has 0 aromatic carbocycles. The Bertz CT molecular complexity index is 413. The number of nitrogens with zero attached hydrogens (tertiary/aromatic N) is 3. The molecule has 2 fully saturated rings. The van der Waals surface area contributed by atoms with Crippen molar-refractivity contribution in [3.05, 3.63) is 18.2 Å². The Labute approximate surface area is 130 Å². The minimum Gasteiger partial charge on any atom is -0.335 e. The number of aryl methyl sites for hydroxylation is 1. The first-order valence-electron chi connectivity index (χ1n) is 7.70. The van der Waals surface area contributed by atoms with Crippen molar-refractivity contribution in [3.63, 3.8) is 0 Å². The molecule has 0 saturated carbocycles. The lowest BCUT2D eigenvalue weighted by molar-refractivity contribution is 0.134. The van der Waals surface area contributed by atoms with E-state index in [1.165, 1.54) is 48.9 Å². The molecule has 3 nitrogen and oxygen atoms in total. The average molecular weight is 312 g/mol. The van der Waals surface area contributed by atoms with Crippen LogP contribution >= 0.6 is 23.5 Å². The first kappa shape index (κ1) is 14.8. The maximum absolute atomic E-state index is 4.35. The van der Waals surface area contributed by atoms with E-state index in [4.69, 9.17) is 0 Å². The standard InChI is InChI=1S/C15H25N3S2/c1-13-16-4-6-17(13)9-14-3-2-5-18(10-14)15-11-19-7-8-20-12-15/h4,6,14-15H,2-3,5,7-12H2,1H3/t14-/m0/s1. The van der Waals surface area contributed by atoms with Crippen molar-refractivity contribution in [3.8, 4) is 0 Å². The molecule has 3 heterocycles. The molecule has 1 atom stereocenters. The topological polar surface area (TPSA) is 21.1 Å². The van der Waals surface area contributed by atoms with Crippen molar-refractivity contribution in [2.24, 2.45) is 5.92 Å². The zero-order chi connectivity index (χ0) is 13.8. The van der Waals surface area contributed by atoms with Crippen molar-refractivity contribution in [1.82, 2.24) is 14.5 Å². The number of rotatable bonds is 3. The van der Waals surface area contributed by atoms with Crippen LogP contribution in [0.5, 0.6) is 0 Å². The van der Waals surface area contributed by atoms with Crippen LogP contribution in [0.2, 0.25) is 0 Å². The van der Waals surface area contributed by atoms with Crippen LogP contribution in [0.15, 0.2) is 12.4 Å². The van der Waals surface area contributed by atoms with E-state index in [-0.39, 0.29) is 0 Å². The van der Waals surface area contributed by atoms with Gasteiger partial charge in [-0.05, 0) is 32.2 Å². The van der Waals surface area contributed by atoms with E-state index in [1.54, 1.807) is 0 Å². The average Bonchev–Trinajstić information content (AvgIpc) is 2.72. The minimum absolute atomic E-state index is 0.801.